The maximum Gasteiger partial charge on any atom is 0.149 e. The summed E-state index contributed by atoms with van der Waals surface area (Å²) in [6.45, 7) is 2.57. The van der Waals surface area contributed by atoms with Crippen LogP contribution < -0.4 is 10.2 Å². The van der Waals surface area contributed by atoms with Crippen LogP contribution in [0.25, 0.3) is 0 Å². The molecule has 0 radical (unpaired) electrons. The summed E-state index contributed by atoms with van der Waals surface area (Å²) in [6, 6.07) is 6.06. The molecule has 0 saturated heterocycles. The molecule has 98 valence electrons. The third-order valence-corrected chi connectivity index (χ3v) is 3.98. The SMILES string of the molecule is Clc1ncccc1CN1CCNc2ncc(I)cc21. The minimum absolute atomic E-state index is 0.571. The quantitative estimate of drug-likeness (QED) is 0.636. The molecule has 6 heteroatoms. The average molecular weight is 387 g/mol. The van der Waals surface area contributed by atoms with Crippen molar-refractivity contribution in [3.8, 4) is 0 Å². The van der Waals surface area contributed by atoms with Crippen LogP contribution in [0.4, 0.5) is 11.5 Å². The van der Waals surface area contributed by atoms with Crippen LogP contribution >= 0.6 is 34.2 Å². The smallest absolute Gasteiger partial charge is 0.149 e. The van der Waals surface area contributed by atoms with Gasteiger partial charge in [0, 0.05) is 41.2 Å². The maximum absolute atomic E-state index is 6.13. The van der Waals surface area contributed by atoms with E-state index in [1.54, 1.807) is 6.20 Å². The summed E-state index contributed by atoms with van der Waals surface area (Å²) in [7, 11) is 0. The molecule has 0 aromatic carbocycles. The van der Waals surface area contributed by atoms with Gasteiger partial charge in [0.1, 0.15) is 11.0 Å². The molecule has 0 unspecified atom stereocenters. The third kappa shape index (κ3) is 2.76. The van der Waals surface area contributed by atoms with E-state index in [9.17, 15) is 0 Å². The van der Waals surface area contributed by atoms with E-state index in [0.29, 0.717) is 5.15 Å². The number of hydrogen-bond acceptors (Lipinski definition) is 4. The topological polar surface area (TPSA) is 41.1 Å². The molecule has 19 heavy (non-hydrogen) atoms. The van der Waals surface area contributed by atoms with Crippen molar-refractivity contribution in [2.75, 3.05) is 23.3 Å². The Balaban J connectivity index is 1.92. The highest BCUT2D eigenvalue weighted by atomic mass is 127. The Morgan fingerprint density at radius 1 is 1.42 bits per heavy atom. The molecule has 0 amide bonds. The molecule has 3 heterocycles. The molecule has 0 atom stereocenters. The second-order valence-electron chi connectivity index (χ2n) is 4.32. The number of pyridine rings is 2. The molecular weight excluding hydrogens is 375 g/mol. The summed E-state index contributed by atoms with van der Waals surface area (Å²) in [4.78, 5) is 10.8. The number of halogens is 2. The van der Waals surface area contributed by atoms with Crippen LogP contribution in [-0.4, -0.2) is 23.1 Å². The van der Waals surface area contributed by atoms with Crippen LogP contribution in [0.2, 0.25) is 5.15 Å². The third-order valence-electron chi connectivity index (χ3n) is 3.05. The monoisotopic (exact) mass is 386 g/mol. The first kappa shape index (κ1) is 12.9. The van der Waals surface area contributed by atoms with Crippen molar-refractivity contribution in [1.29, 1.82) is 0 Å². The first-order chi connectivity index (χ1) is 9.24. The highest BCUT2D eigenvalue weighted by Gasteiger charge is 2.18. The van der Waals surface area contributed by atoms with E-state index in [-0.39, 0.29) is 0 Å². The van der Waals surface area contributed by atoms with E-state index >= 15 is 0 Å². The van der Waals surface area contributed by atoms with Crippen molar-refractivity contribution in [3.63, 3.8) is 0 Å². The van der Waals surface area contributed by atoms with Gasteiger partial charge in [-0.25, -0.2) is 9.97 Å². The van der Waals surface area contributed by atoms with Crippen molar-refractivity contribution in [2.45, 2.75) is 6.54 Å². The lowest BCUT2D eigenvalue weighted by Crippen LogP contribution is -2.34. The predicted octanol–water partition coefficient (Wildman–Crippen LogP) is 3.17. The molecule has 4 nitrogen and oxygen atoms in total. The fraction of sp³-hybridized carbons (Fsp3) is 0.231. The molecule has 3 rings (SSSR count). The maximum atomic E-state index is 6.13. The lowest BCUT2D eigenvalue weighted by Gasteiger charge is -2.31. The Bertz CT molecular complexity index is 605. The van der Waals surface area contributed by atoms with Gasteiger partial charge in [0.25, 0.3) is 0 Å². The van der Waals surface area contributed by atoms with Crippen LogP contribution in [0.5, 0.6) is 0 Å². The Labute approximate surface area is 130 Å². The van der Waals surface area contributed by atoms with Gasteiger partial charge in [0.2, 0.25) is 0 Å². The molecule has 0 fully saturated rings. The molecule has 0 spiro atoms. The highest BCUT2D eigenvalue weighted by molar-refractivity contribution is 14.1. The summed E-state index contributed by atoms with van der Waals surface area (Å²) in [5.74, 6) is 0.937. The number of nitrogens with one attached hydrogen (secondary N) is 1. The van der Waals surface area contributed by atoms with Crippen molar-refractivity contribution in [2.24, 2.45) is 0 Å². The summed E-state index contributed by atoms with van der Waals surface area (Å²) in [5.41, 5.74) is 2.16. The van der Waals surface area contributed by atoms with Crippen LogP contribution in [-0.2, 0) is 6.54 Å². The summed E-state index contributed by atoms with van der Waals surface area (Å²) < 4.78 is 1.13. The van der Waals surface area contributed by atoms with E-state index in [2.05, 4.69) is 48.8 Å². The number of hydrogen-bond donors (Lipinski definition) is 1. The van der Waals surface area contributed by atoms with Gasteiger partial charge in [0.05, 0.1) is 5.69 Å². The number of anilines is 2. The average Bonchev–Trinajstić information content (AvgIpc) is 2.42. The highest BCUT2D eigenvalue weighted by Crippen LogP contribution is 2.30. The Morgan fingerprint density at radius 2 is 2.32 bits per heavy atom. The molecular formula is C13H12ClIN4. The predicted molar refractivity (Wildman–Crippen MR) is 85.7 cm³/mol. The van der Waals surface area contributed by atoms with Gasteiger partial charge >= 0.3 is 0 Å². The van der Waals surface area contributed by atoms with Crippen molar-refractivity contribution >= 4 is 45.7 Å². The Morgan fingerprint density at radius 3 is 3.16 bits per heavy atom. The van der Waals surface area contributed by atoms with Gasteiger partial charge in [-0.15, -0.1) is 0 Å². The lowest BCUT2D eigenvalue weighted by atomic mass is 10.2. The number of fused-ring (bicyclic) bond motifs is 1. The van der Waals surface area contributed by atoms with E-state index in [1.807, 2.05) is 18.3 Å². The second-order valence-corrected chi connectivity index (χ2v) is 5.93. The van der Waals surface area contributed by atoms with Gasteiger partial charge in [-0.2, -0.15) is 0 Å². The summed E-state index contributed by atoms with van der Waals surface area (Å²) >= 11 is 8.41. The second kappa shape index (κ2) is 5.50. The lowest BCUT2D eigenvalue weighted by molar-refractivity contribution is 0.777. The van der Waals surface area contributed by atoms with Gasteiger partial charge in [-0.05, 0) is 34.7 Å². The number of aromatic nitrogens is 2. The van der Waals surface area contributed by atoms with Crippen LogP contribution in [0, 0.1) is 3.57 Å². The molecule has 1 aliphatic rings. The zero-order valence-corrected chi connectivity index (χ0v) is 13.0. The summed E-state index contributed by atoms with van der Waals surface area (Å²) in [6.07, 6.45) is 3.58. The molecule has 1 aliphatic heterocycles. The van der Waals surface area contributed by atoms with Gasteiger partial charge < -0.3 is 10.2 Å². The molecule has 1 N–H and O–H groups in total. The Hall–Kier alpha value is -1.08. The fourth-order valence-corrected chi connectivity index (χ4v) is 2.76. The van der Waals surface area contributed by atoms with Crippen molar-refractivity contribution < 1.29 is 0 Å². The first-order valence-corrected chi connectivity index (χ1v) is 7.43. The van der Waals surface area contributed by atoms with Gasteiger partial charge in [0.15, 0.2) is 0 Å². The van der Waals surface area contributed by atoms with E-state index in [4.69, 9.17) is 11.6 Å². The zero-order chi connectivity index (χ0) is 13.2. The number of rotatable bonds is 2. The van der Waals surface area contributed by atoms with Gasteiger partial charge in [-0.3, -0.25) is 0 Å². The van der Waals surface area contributed by atoms with Crippen LogP contribution in [0.15, 0.2) is 30.6 Å². The van der Waals surface area contributed by atoms with Crippen molar-refractivity contribution in [3.05, 3.63) is 44.9 Å². The zero-order valence-electron chi connectivity index (χ0n) is 10.1. The van der Waals surface area contributed by atoms with E-state index in [0.717, 1.165) is 40.3 Å². The van der Waals surface area contributed by atoms with Crippen molar-refractivity contribution in [1.82, 2.24) is 9.97 Å². The first-order valence-electron chi connectivity index (χ1n) is 5.98. The van der Waals surface area contributed by atoms with Crippen LogP contribution in [0.3, 0.4) is 0 Å². The molecule has 2 aromatic rings. The molecule has 0 saturated carbocycles. The minimum atomic E-state index is 0.571. The number of nitrogens with zero attached hydrogens (tertiary/aromatic N) is 3. The molecule has 0 bridgehead atoms. The van der Waals surface area contributed by atoms with Crippen LogP contribution in [0.1, 0.15) is 5.56 Å². The van der Waals surface area contributed by atoms with E-state index in [1.165, 1.54) is 0 Å². The Kier molecular flexibility index (Phi) is 3.74. The largest absolute Gasteiger partial charge is 0.367 e. The summed E-state index contributed by atoms with van der Waals surface area (Å²) in [5, 5.41) is 3.89. The van der Waals surface area contributed by atoms with Gasteiger partial charge in [-0.1, -0.05) is 17.7 Å². The molecule has 2 aromatic heterocycles. The normalized spacial score (nSPS) is 13.9. The standard InChI is InChI=1S/C13H12ClIN4/c14-12-9(2-1-3-16-12)8-19-5-4-17-13-11(19)6-10(15)7-18-13/h1-3,6-7H,4-5,8H2,(H,17,18). The van der Waals surface area contributed by atoms with E-state index < -0.39 is 0 Å². The minimum Gasteiger partial charge on any atom is -0.367 e. The fourth-order valence-electron chi connectivity index (χ4n) is 2.14. The molecule has 0 aliphatic carbocycles.